The largest absolute Gasteiger partial charge is 0.465 e. The molecule has 1 aliphatic rings. The Morgan fingerprint density at radius 3 is 2.61 bits per heavy atom. The van der Waals surface area contributed by atoms with Crippen molar-refractivity contribution in [2.24, 2.45) is 5.92 Å². The summed E-state index contributed by atoms with van der Waals surface area (Å²) in [6, 6.07) is 13.5. The van der Waals surface area contributed by atoms with Crippen LogP contribution in [0.15, 0.2) is 42.5 Å². The summed E-state index contributed by atoms with van der Waals surface area (Å²) in [7, 11) is 0. The number of thiazole rings is 1. The number of hydrogen-bond donors (Lipinski definition) is 0. The second kappa shape index (κ2) is 9.04. The van der Waals surface area contributed by atoms with Crippen LogP contribution >= 0.6 is 11.3 Å². The SMILES string of the molecule is CCCCC1CCC(c2ccc(COc3nc4ccc(F)cc4s3)cc2)CC1. The fourth-order valence-electron chi connectivity index (χ4n) is 4.25. The first-order valence-corrected chi connectivity index (χ1v) is 11.3. The molecule has 1 saturated carbocycles. The Kier molecular flexibility index (Phi) is 6.26. The van der Waals surface area contributed by atoms with Crippen molar-refractivity contribution in [1.82, 2.24) is 4.98 Å². The third kappa shape index (κ3) is 4.72. The zero-order valence-corrected chi connectivity index (χ0v) is 17.3. The summed E-state index contributed by atoms with van der Waals surface area (Å²) in [6.07, 6.45) is 9.53. The Labute approximate surface area is 170 Å². The molecular formula is C24H28FNOS. The van der Waals surface area contributed by atoms with E-state index in [1.54, 1.807) is 6.07 Å². The van der Waals surface area contributed by atoms with Gasteiger partial charge in [0.15, 0.2) is 0 Å². The molecule has 2 aromatic carbocycles. The number of hydrogen-bond acceptors (Lipinski definition) is 3. The molecule has 0 atom stereocenters. The molecule has 1 aliphatic carbocycles. The molecule has 28 heavy (non-hydrogen) atoms. The maximum absolute atomic E-state index is 13.3. The Hall–Kier alpha value is -1.94. The molecular weight excluding hydrogens is 369 g/mol. The van der Waals surface area contributed by atoms with E-state index >= 15 is 0 Å². The highest BCUT2D eigenvalue weighted by Crippen LogP contribution is 2.37. The van der Waals surface area contributed by atoms with Crippen molar-refractivity contribution in [3.05, 3.63) is 59.4 Å². The summed E-state index contributed by atoms with van der Waals surface area (Å²) in [5.41, 5.74) is 3.39. The standard InChI is InChI=1S/C24H28FNOS/c1-2-3-4-17-5-9-19(10-6-17)20-11-7-18(8-12-20)16-27-24-26-22-14-13-21(25)15-23(22)28-24/h7-8,11-15,17,19H,2-6,9-10,16H2,1H3. The fraction of sp³-hybridized carbons (Fsp3) is 0.458. The van der Waals surface area contributed by atoms with Crippen LogP contribution in [0.25, 0.3) is 10.2 Å². The molecule has 0 spiro atoms. The van der Waals surface area contributed by atoms with Gasteiger partial charge in [-0.15, -0.1) is 0 Å². The van der Waals surface area contributed by atoms with Gasteiger partial charge >= 0.3 is 0 Å². The number of nitrogens with zero attached hydrogens (tertiary/aromatic N) is 1. The molecule has 4 heteroatoms. The minimum Gasteiger partial charge on any atom is -0.465 e. The molecule has 2 nitrogen and oxygen atoms in total. The Morgan fingerprint density at radius 1 is 1.07 bits per heavy atom. The summed E-state index contributed by atoms with van der Waals surface area (Å²) in [6.45, 7) is 2.78. The Bertz CT molecular complexity index is 897. The highest BCUT2D eigenvalue weighted by molar-refractivity contribution is 7.20. The van der Waals surface area contributed by atoms with Crippen LogP contribution in [0.4, 0.5) is 4.39 Å². The average Bonchev–Trinajstić information content (AvgIpc) is 3.13. The molecule has 0 amide bonds. The predicted octanol–water partition coefficient (Wildman–Crippen LogP) is 7.48. The first kappa shape index (κ1) is 19.4. The van der Waals surface area contributed by atoms with Gasteiger partial charge in [-0.1, -0.05) is 61.8 Å². The number of rotatable bonds is 7. The van der Waals surface area contributed by atoms with Crippen molar-refractivity contribution in [2.45, 2.75) is 64.4 Å². The zero-order chi connectivity index (χ0) is 19.3. The highest BCUT2D eigenvalue weighted by Gasteiger charge is 2.21. The number of aromatic nitrogens is 1. The third-order valence-corrected chi connectivity index (χ3v) is 6.89. The normalized spacial score (nSPS) is 19.8. The van der Waals surface area contributed by atoms with E-state index in [4.69, 9.17) is 4.74 Å². The lowest BCUT2D eigenvalue weighted by molar-refractivity contribution is 0.302. The van der Waals surface area contributed by atoms with E-state index in [2.05, 4.69) is 36.2 Å². The molecule has 0 unspecified atom stereocenters. The first-order valence-electron chi connectivity index (χ1n) is 10.5. The number of halogens is 1. The van der Waals surface area contributed by atoms with Gasteiger partial charge in [-0.3, -0.25) is 0 Å². The minimum absolute atomic E-state index is 0.238. The van der Waals surface area contributed by atoms with Crippen LogP contribution in [0.5, 0.6) is 5.19 Å². The molecule has 0 N–H and O–H groups in total. The van der Waals surface area contributed by atoms with Gasteiger partial charge < -0.3 is 4.74 Å². The van der Waals surface area contributed by atoms with E-state index in [0.717, 1.165) is 21.7 Å². The lowest BCUT2D eigenvalue weighted by Gasteiger charge is -2.29. The lowest BCUT2D eigenvalue weighted by atomic mass is 9.77. The lowest BCUT2D eigenvalue weighted by Crippen LogP contribution is -2.13. The van der Waals surface area contributed by atoms with Gasteiger partial charge in [-0.25, -0.2) is 9.37 Å². The quantitative estimate of drug-likeness (QED) is 0.412. The van der Waals surface area contributed by atoms with Crippen LogP contribution in [-0.2, 0) is 6.61 Å². The molecule has 0 aliphatic heterocycles. The van der Waals surface area contributed by atoms with Crippen molar-refractivity contribution in [3.8, 4) is 5.19 Å². The van der Waals surface area contributed by atoms with Crippen LogP contribution in [-0.4, -0.2) is 4.98 Å². The van der Waals surface area contributed by atoms with Crippen molar-refractivity contribution in [3.63, 3.8) is 0 Å². The summed E-state index contributed by atoms with van der Waals surface area (Å²) >= 11 is 1.39. The molecule has 4 rings (SSSR count). The minimum atomic E-state index is -0.238. The van der Waals surface area contributed by atoms with Crippen LogP contribution in [0, 0.1) is 11.7 Å². The summed E-state index contributed by atoms with van der Waals surface area (Å²) in [5, 5.41) is 0.593. The van der Waals surface area contributed by atoms with Crippen LogP contribution in [0.3, 0.4) is 0 Å². The van der Waals surface area contributed by atoms with Crippen LogP contribution in [0.1, 0.15) is 68.9 Å². The third-order valence-electron chi connectivity index (χ3n) is 5.96. The van der Waals surface area contributed by atoms with Gasteiger partial charge in [0.05, 0.1) is 10.2 Å². The second-order valence-electron chi connectivity index (χ2n) is 7.98. The maximum atomic E-state index is 13.3. The van der Waals surface area contributed by atoms with Gasteiger partial charge in [0.25, 0.3) is 5.19 Å². The van der Waals surface area contributed by atoms with Crippen LogP contribution < -0.4 is 4.74 Å². The molecule has 0 saturated heterocycles. The van der Waals surface area contributed by atoms with E-state index in [1.165, 1.54) is 74.0 Å². The number of ether oxygens (including phenoxy) is 1. The van der Waals surface area contributed by atoms with Gasteiger partial charge in [-0.05, 0) is 66.8 Å². The van der Waals surface area contributed by atoms with E-state index in [-0.39, 0.29) is 5.82 Å². The van der Waals surface area contributed by atoms with Crippen molar-refractivity contribution in [2.75, 3.05) is 0 Å². The summed E-state index contributed by atoms with van der Waals surface area (Å²) in [5.74, 6) is 1.43. The van der Waals surface area contributed by atoms with Gasteiger partial charge in [-0.2, -0.15) is 0 Å². The number of fused-ring (bicyclic) bond motifs is 1. The Balaban J connectivity index is 1.31. The fourth-order valence-corrected chi connectivity index (χ4v) is 5.09. The van der Waals surface area contributed by atoms with Crippen molar-refractivity contribution in [1.29, 1.82) is 0 Å². The topological polar surface area (TPSA) is 22.1 Å². The van der Waals surface area contributed by atoms with E-state index < -0.39 is 0 Å². The van der Waals surface area contributed by atoms with Crippen LogP contribution in [0.2, 0.25) is 0 Å². The average molecular weight is 398 g/mol. The molecule has 1 heterocycles. The molecule has 0 radical (unpaired) electrons. The highest BCUT2D eigenvalue weighted by atomic mass is 32.1. The summed E-state index contributed by atoms with van der Waals surface area (Å²) < 4.78 is 20.0. The van der Waals surface area contributed by atoms with Crippen molar-refractivity contribution >= 4 is 21.6 Å². The second-order valence-corrected chi connectivity index (χ2v) is 8.98. The molecule has 148 valence electrons. The first-order chi connectivity index (χ1) is 13.7. The smallest absolute Gasteiger partial charge is 0.274 e. The van der Waals surface area contributed by atoms with E-state index in [1.807, 2.05) is 0 Å². The predicted molar refractivity (Wildman–Crippen MR) is 115 cm³/mol. The molecule has 3 aromatic rings. The summed E-state index contributed by atoms with van der Waals surface area (Å²) in [4.78, 5) is 4.42. The van der Waals surface area contributed by atoms with Crippen molar-refractivity contribution < 1.29 is 9.13 Å². The van der Waals surface area contributed by atoms with E-state index in [0.29, 0.717) is 17.7 Å². The van der Waals surface area contributed by atoms with Gasteiger partial charge in [0.1, 0.15) is 12.4 Å². The van der Waals surface area contributed by atoms with E-state index in [9.17, 15) is 4.39 Å². The van der Waals surface area contributed by atoms with Gasteiger partial charge in [0.2, 0.25) is 0 Å². The molecule has 1 fully saturated rings. The Morgan fingerprint density at radius 2 is 1.86 bits per heavy atom. The van der Waals surface area contributed by atoms with Gasteiger partial charge in [0, 0.05) is 0 Å². The monoisotopic (exact) mass is 397 g/mol. The molecule has 1 aromatic heterocycles. The molecule has 0 bridgehead atoms. The zero-order valence-electron chi connectivity index (χ0n) is 16.5. The number of benzene rings is 2. The number of unbranched alkanes of at least 4 members (excludes halogenated alkanes) is 1. The maximum Gasteiger partial charge on any atom is 0.274 e.